The third kappa shape index (κ3) is 2.36. The first-order valence-electron chi connectivity index (χ1n) is 3.05. The van der Waals surface area contributed by atoms with Gasteiger partial charge in [0.15, 0.2) is 5.78 Å². The van der Waals surface area contributed by atoms with Gasteiger partial charge >= 0.3 is 0 Å². The van der Waals surface area contributed by atoms with Crippen LogP contribution in [0.2, 0.25) is 0 Å². The van der Waals surface area contributed by atoms with Gasteiger partial charge in [-0.3, -0.25) is 4.79 Å². The van der Waals surface area contributed by atoms with Gasteiger partial charge in [-0.15, -0.1) is 0 Å². The molecule has 60 valence electrons. The van der Waals surface area contributed by atoms with E-state index in [1.807, 2.05) is 0 Å². The van der Waals surface area contributed by atoms with E-state index in [0.29, 0.717) is 6.42 Å². The van der Waals surface area contributed by atoms with Crippen molar-refractivity contribution in [1.82, 2.24) is 4.37 Å². The maximum absolute atomic E-state index is 10.9. The van der Waals surface area contributed by atoms with E-state index in [1.54, 1.807) is 6.20 Å². The van der Waals surface area contributed by atoms with E-state index in [0.717, 1.165) is 9.35 Å². The molecule has 0 aliphatic carbocycles. The number of rotatable bonds is 3. The van der Waals surface area contributed by atoms with Crippen molar-refractivity contribution in [1.29, 1.82) is 0 Å². The van der Waals surface area contributed by atoms with Crippen LogP contribution in [0.4, 0.5) is 0 Å². The molecule has 0 spiro atoms. The van der Waals surface area contributed by atoms with Crippen LogP contribution in [0.15, 0.2) is 10.7 Å². The van der Waals surface area contributed by atoms with Gasteiger partial charge < -0.3 is 5.73 Å². The van der Waals surface area contributed by atoms with E-state index in [4.69, 9.17) is 5.73 Å². The minimum atomic E-state index is 0.0370. The molecule has 0 atom stereocenters. The van der Waals surface area contributed by atoms with Crippen molar-refractivity contribution in [2.75, 3.05) is 6.54 Å². The van der Waals surface area contributed by atoms with Gasteiger partial charge in [-0.1, -0.05) is 0 Å². The number of carbonyl (C=O) groups excluding carboxylic acids is 1. The minimum absolute atomic E-state index is 0.0370. The summed E-state index contributed by atoms with van der Waals surface area (Å²) in [5.74, 6) is 0.0370. The molecule has 0 amide bonds. The number of hydrogen-bond donors (Lipinski definition) is 1. The second-order valence-electron chi connectivity index (χ2n) is 2.02. The molecular weight excluding hydrogens is 228 g/mol. The third-order valence-corrected chi connectivity index (χ3v) is 2.92. The standard InChI is InChI=1S/C6H7BrN2OS/c7-5-3-9-11-6(5)1-4(10)2-8/h3H,1-2,8H2. The van der Waals surface area contributed by atoms with Crippen LogP contribution in [0.5, 0.6) is 0 Å². The third-order valence-electron chi connectivity index (χ3n) is 1.18. The van der Waals surface area contributed by atoms with E-state index in [2.05, 4.69) is 20.3 Å². The molecule has 0 radical (unpaired) electrons. The van der Waals surface area contributed by atoms with Gasteiger partial charge in [0, 0.05) is 11.3 Å². The number of carbonyl (C=O) groups is 1. The van der Waals surface area contributed by atoms with Crippen LogP contribution in [0.1, 0.15) is 4.88 Å². The lowest BCUT2D eigenvalue weighted by Gasteiger charge is -1.92. The fraction of sp³-hybridized carbons (Fsp3) is 0.333. The Morgan fingerprint density at radius 3 is 3.00 bits per heavy atom. The topological polar surface area (TPSA) is 56.0 Å². The highest BCUT2D eigenvalue weighted by Gasteiger charge is 2.06. The first kappa shape index (κ1) is 8.83. The van der Waals surface area contributed by atoms with Crippen molar-refractivity contribution in [3.63, 3.8) is 0 Å². The van der Waals surface area contributed by atoms with Gasteiger partial charge in [0.05, 0.1) is 17.2 Å². The molecule has 0 unspecified atom stereocenters. The van der Waals surface area contributed by atoms with E-state index in [9.17, 15) is 4.79 Å². The fourth-order valence-corrected chi connectivity index (χ4v) is 1.87. The van der Waals surface area contributed by atoms with Gasteiger partial charge in [0.2, 0.25) is 0 Å². The lowest BCUT2D eigenvalue weighted by atomic mass is 10.2. The normalized spacial score (nSPS) is 10.0. The number of aromatic nitrogens is 1. The Bertz CT molecular complexity index is 261. The molecule has 0 saturated carbocycles. The zero-order chi connectivity index (χ0) is 8.27. The maximum atomic E-state index is 10.9. The quantitative estimate of drug-likeness (QED) is 0.849. The zero-order valence-electron chi connectivity index (χ0n) is 5.71. The number of halogens is 1. The van der Waals surface area contributed by atoms with Crippen molar-refractivity contribution >= 4 is 33.2 Å². The molecule has 1 rings (SSSR count). The molecule has 1 heterocycles. The number of ketones is 1. The van der Waals surface area contributed by atoms with Crippen molar-refractivity contribution in [2.24, 2.45) is 5.73 Å². The molecule has 0 aromatic carbocycles. The Morgan fingerprint density at radius 2 is 2.55 bits per heavy atom. The van der Waals surface area contributed by atoms with Crippen molar-refractivity contribution in [3.8, 4) is 0 Å². The summed E-state index contributed by atoms with van der Waals surface area (Å²) in [6.07, 6.45) is 2.07. The number of hydrogen-bond acceptors (Lipinski definition) is 4. The average Bonchev–Trinajstić information content (AvgIpc) is 2.37. The Hall–Kier alpha value is -0.260. The summed E-state index contributed by atoms with van der Waals surface area (Å²) < 4.78 is 4.80. The van der Waals surface area contributed by atoms with E-state index < -0.39 is 0 Å². The summed E-state index contributed by atoms with van der Waals surface area (Å²) in [5, 5.41) is 0. The molecular formula is C6H7BrN2OS. The van der Waals surface area contributed by atoms with Crippen LogP contribution >= 0.6 is 27.5 Å². The number of nitrogens with zero attached hydrogens (tertiary/aromatic N) is 1. The molecule has 0 fully saturated rings. The summed E-state index contributed by atoms with van der Waals surface area (Å²) in [6.45, 7) is 0.102. The number of nitrogens with two attached hydrogens (primary N) is 1. The second-order valence-corrected chi connectivity index (χ2v) is 3.76. The lowest BCUT2D eigenvalue weighted by Crippen LogP contribution is -2.15. The SMILES string of the molecule is NCC(=O)Cc1sncc1Br. The van der Waals surface area contributed by atoms with Crippen molar-refractivity contribution < 1.29 is 4.79 Å². The molecule has 3 nitrogen and oxygen atoms in total. The van der Waals surface area contributed by atoms with Crippen LogP contribution in [0.3, 0.4) is 0 Å². The van der Waals surface area contributed by atoms with Crippen molar-refractivity contribution in [3.05, 3.63) is 15.5 Å². The molecule has 1 aromatic rings. The van der Waals surface area contributed by atoms with Crippen LogP contribution in [0, 0.1) is 0 Å². The lowest BCUT2D eigenvalue weighted by molar-refractivity contribution is -0.117. The Labute approximate surface area is 76.9 Å². The average molecular weight is 235 g/mol. The smallest absolute Gasteiger partial charge is 0.151 e. The summed E-state index contributed by atoms with van der Waals surface area (Å²) in [7, 11) is 0. The highest BCUT2D eigenvalue weighted by molar-refractivity contribution is 9.10. The maximum Gasteiger partial charge on any atom is 0.151 e. The van der Waals surface area contributed by atoms with E-state index in [-0.39, 0.29) is 12.3 Å². The summed E-state index contributed by atoms with van der Waals surface area (Å²) >= 11 is 4.60. The molecule has 1 aromatic heterocycles. The molecule has 2 N–H and O–H groups in total. The summed E-state index contributed by atoms with van der Waals surface area (Å²) in [5.41, 5.74) is 5.16. The molecule has 0 aliphatic rings. The Kier molecular flexibility index (Phi) is 3.16. The largest absolute Gasteiger partial charge is 0.324 e. The van der Waals surface area contributed by atoms with Crippen LogP contribution in [0.25, 0.3) is 0 Å². The first-order valence-corrected chi connectivity index (χ1v) is 4.61. The predicted octanol–water partition coefficient (Wildman–Crippen LogP) is 0.976. The van der Waals surface area contributed by atoms with E-state index >= 15 is 0 Å². The van der Waals surface area contributed by atoms with Crippen LogP contribution < -0.4 is 5.73 Å². The molecule has 11 heavy (non-hydrogen) atoms. The number of Topliss-reactive ketones (excluding diaryl/α,β-unsaturated/α-hetero) is 1. The van der Waals surface area contributed by atoms with Gasteiger partial charge in [-0.05, 0) is 27.5 Å². The molecule has 0 aliphatic heterocycles. The van der Waals surface area contributed by atoms with Gasteiger partial charge in [0.1, 0.15) is 0 Å². The predicted molar refractivity (Wildman–Crippen MR) is 47.6 cm³/mol. The van der Waals surface area contributed by atoms with Crippen LogP contribution in [-0.2, 0) is 11.2 Å². The van der Waals surface area contributed by atoms with Crippen LogP contribution in [-0.4, -0.2) is 16.7 Å². The van der Waals surface area contributed by atoms with Crippen molar-refractivity contribution in [2.45, 2.75) is 6.42 Å². The molecule has 5 heteroatoms. The second kappa shape index (κ2) is 3.94. The fourth-order valence-electron chi connectivity index (χ4n) is 0.620. The molecule has 0 bridgehead atoms. The summed E-state index contributed by atoms with van der Waals surface area (Å²) in [6, 6.07) is 0. The molecule has 0 saturated heterocycles. The minimum Gasteiger partial charge on any atom is -0.324 e. The highest BCUT2D eigenvalue weighted by Crippen LogP contribution is 2.20. The first-order chi connectivity index (χ1) is 5.24. The Morgan fingerprint density at radius 1 is 1.82 bits per heavy atom. The summed E-state index contributed by atoms with van der Waals surface area (Å²) in [4.78, 5) is 11.8. The monoisotopic (exact) mass is 234 g/mol. The van der Waals surface area contributed by atoms with Gasteiger partial charge in [-0.25, -0.2) is 0 Å². The highest BCUT2D eigenvalue weighted by atomic mass is 79.9. The van der Waals surface area contributed by atoms with Gasteiger partial charge in [-0.2, -0.15) is 4.37 Å². The van der Waals surface area contributed by atoms with E-state index in [1.165, 1.54) is 11.5 Å². The van der Waals surface area contributed by atoms with Gasteiger partial charge in [0.25, 0.3) is 0 Å². The Balaban J connectivity index is 2.64. The zero-order valence-corrected chi connectivity index (χ0v) is 8.11.